The summed E-state index contributed by atoms with van der Waals surface area (Å²) in [6.45, 7) is 0. The van der Waals surface area contributed by atoms with Gasteiger partial charge < -0.3 is 8.98 Å². The highest BCUT2D eigenvalue weighted by Gasteiger charge is 2.22. The second-order valence-corrected chi connectivity index (χ2v) is 14.0. The summed E-state index contributed by atoms with van der Waals surface area (Å²) in [7, 11) is 0. The molecule has 0 aliphatic heterocycles. The molecule has 0 atom stereocenters. The molecule has 0 amide bonds. The molecule has 0 saturated heterocycles. The zero-order valence-electron chi connectivity index (χ0n) is 29.4. The molecule has 0 fully saturated rings. The lowest BCUT2D eigenvalue weighted by atomic mass is 10.1. The van der Waals surface area contributed by atoms with E-state index in [-0.39, 0.29) is 0 Å². The van der Waals surface area contributed by atoms with Crippen molar-refractivity contribution in [3.8, 4) is 34.4 Å². The highest BCUT2D eigenvalue weighted by Crippen LogP contribution is 2.41. The van der Waals surface area contributed by atoms with E-state index in [1.165, 1.54) is 5.39 Å². The molecule has 0 radical (unpaired) electrons. The van der Waals surface area contributed by atoms with Crippen LogP contribution in [0.25, 0.3) is 111 Å². The van der Waals surface area contributed by atoms with Gasteiger partial charge in [0.25, 0.3) is 0 Å². The Hall–Kier alpha value is -7.57. The molecule has 6 nitrogen and oxygen atoms in total. The molecule has 256 valence electrons. The number of fused-ring (bicyclic) bond motifs is 10. The number of hydrogen-bond acceptors (Lipinski definition) is 4. The number of rotatable bonds is 4. The zero-order valence-corrected chi connectivity index (χ0v) is 29.4. The van der Waals surface area contributed by atoms with Gasteiger partial charge in [0.15, 0.2) is 11.6 Å². The average molecular weight is 704 g/mol. The summed E-state index contributed by atoms with van der Waals surface area (Å²) in [5, 5.41) is 8.90. The zero-order chi connectivity index (χ0) is 36.0. The minimum Gasteiger partial charge on any atom is -0.456 e. The molecular weight excluding hydrogens is 675 g/mol. The molecule has 0 bridgehead atoms. The lowest BCUT2D eigenvalue weighted by Gasteiger charge is -2.12. The third kappa shape index (κ3) is 4.46. The second kappa shape index (κ2) is 11.5. The van der Waals surface area contributed by atoms with E-state index in [9.17, 15) is 0 Å². The molecular formula is C49H29N5O. The smallest absolute Gasteiger partial charge is 0.238 e. The van der Waals surface area contributed by atoms with E-state index in [1.54, 1.807) is 0 Å². The molecule has 0 aliphatic carbocycles. The Morgan fingerprint density at radius 3 is 1.80 bits per heavy atom. The molecule has 0 spiro atoms. The largest absolute Gasteiger partial charge is 0.456 e. The Kier molecular flexibility index (Phi) is 6.24. The maximum absolute atomic E-state index is 6.33. The fourth-order valence-corrected chi connectivity index (χ4v) is 8.50. The van der Waals surface area contributed by atoms with E-state index in [2.05, 4.69) is 155 Å². The summed E-state index contributed by atoms with van der Waals surface area (Å²) in [6, 6.07) is 61.5. The molecule has 4 heterocycles. The number of aromatic nitrogens is 5. The molecule has 0 aliphatic rings. The SMILES string of the molecule is c1ccc(-n2c3ccccc3c3cc4c(cc32)c2ccccc2n4-c2nc(-c3ccc4ccccc4c3)nc(-c3cccc4oc5ccccc5c34)n2)cc1. The number of para-hydroxylation sites is 4. The first-order valence-corrected chi connectivity index (χ1v) is 18.4. The third-order valence-corrected chi connectivity index (χ3v) is 11.0. The van der Waals surface area contributed by atoms with Crippen LogP contribution in [0, 0.1) is 0 Å². The number of nitrogens with zero attached hydrogens (tertiary/aromatic N) is 5. The summed E-state index contributed by atoms with van der Waals surface area (Å²) in [6.07, 6.45) is 0. The van der Waals surface area contributed by atoms with Gasteiger partial charge in [0.2, 0.25) is 5.95 Å². The highest BCUT2D eigenvalue weighted by molar-refractivity contribution is 6.19. The number of furan rings is 1. The first-order chi connectivity index (χ1) is 27.3. The van der Waals surface area contributed by atoms with E-state index in [0.717, 1.165) is 87.8 Å². The molecule has 0 N–H and O–H groups in total. The van der Waals surface area contributed by atoms with Crippen molar-refractivity contribution < 1.29 is 4.42 Å². The monoisotopic (exact) mass is 703 g/mol. The summed E-state index contributed by atoms with van der Waals surface area (Å²) in [5.74, 6) is 1.73. The molecule has 12 rings (SSSR count). The van der Waals surface area contributed by atoms with Crippen LogP contribution in [0.15, 0.2) is 180 Å². The van der Waals surface area contributed by atoms with Gasteiger partial charge >= 0.3 is 0 Å². The van der Waals surface area contributed by atoms with Crippen molar-refractivity contribution in [1.82, 2.24) is 24.1 Å². The maximum Gasteiger partial charge on any atom is 0.238 e. The van der Waals surface area contributed by atoms with Crippen molar-refractivity contribution in [3.05, 3.63) is 176 Å². The average Bonchev–Trinajstić information content (AvgIpc) is 3.90. The number of hydrogen-bond donors (Lipinski definition) is 0. The van der Waals surface area contributed by atoms with Crippen molar-refractivity contribution in [2.75, 3.05) is 0 Å². The van der Waals surface area contributed by atoms with Crippen LogP contribution in [0.5, 0.6) is 0 Å². The fourth-order valence-electron chi connectivity index (χ4n) is 8.50. The van der Waals surface area contributed by atoms with Crippen LogP contribution in [-0.4, -0.2) is 24.1 Å². The molecule has 12 aromatic rings. The van der Waals surface area contributed by atoms with Gasteiger partial charge in [-0.3, -0.25) is 4.57 Å². The lowest BCUT2D eigenvalue weighted by molar-refractivity contribution is 0.669. The minimum atomic E-state index is 0.551. The van der Waals surface area contributed by atoms with Crippen LogP contribution >= 0.6 is 0 Å². The van der Waals surface area contributed by atoms with Crippen molar-refractivity contribution in [3.63, 3.8) is 0 Å². The van der Waals surface area contributed by atoms with Crippen molar-refractivity contribution in [1.29, 1.82) is 0 Å². The van der Waals surface area contributed by atoms with Gasteiger partial charge in [0.1, 0.15) is 11.2 Å². The minimum absolute atomic E-state index is 0.551. The van der Waals surface area contributed by atoms with E-state index in [4.69, 9.17) is 19.4 Å². The Morgan fingerprint density at radius 1 is 0.382 bits per heavy atom. The second-order valence-electron chi connectivity index (χ2n) is 14.0. The van der Waals surface area contributed by atoms with Crippen molar-refractivity contribution in [2.45, 2.75) is 0 Å². The van der Waals surface area contributed by atoms with Gasteiger partial charge in [0, 0.05) is 49.1 Å². The van der Waals surface area contributed by atoms with E-state index in [0.29, 0.717) is 17.6 Å². The molecule has 8 aromatic carbocycles. The Bertz CT molecular complexity index is 3500. The quantitative estimate of drug-likeness (QED) is 0.183. The normalized spacial score (nSPS) is 12.0. The van der Waals surface area contributed by atoms with Crippen LogP contribution in [0.1, 0.15) is 0 Å². The van der Waals surface area contributed by atoms with Gasteiger partial charge in [-0.2, -0.15) is 9.97 Å². The van der Waals surface area contributed by atoms with Gasteiger partial charge in [-0.25, -0.2) is 4.98 Å². The van der Waals surface area contributed by atoms with Gasteiger partial charge in [-0.1, -0.05) is 121 Å². The summed E-state index contributed by atoms with van der Waals surface area (Å²) in [4.78, 5) is 15.9. The van der Waals surface area contributed by atoms with Crippen LogP contribution in [0.4, 0.5) is 0 Å². The van der Waals surface area contributed by atoms with Crippen LogP contribution < -0.4 is 0 Å². The number of benzene rings is 8. The predicted molar refractivity (Wildman–Crippen MR) is 224 cm³/mol. The standard InChI is InChI=1S/C49H29N5O/c1-2-15-33(16-3-1)53-40-21-9-6-17-34(40)38-29-43-39(28-42(38)53)35-18-7-10-22-41(35)54(43)49-51-47(32-26-25-30-13-4-5-14-31(30)27-32)50-48(52-49)37-20-12-24-45-46(37)36-19-8-11-23-44(36)55-45/h1-29H. The van der Waals surface area contributed by atoms with E-state index >= 15 is 0 Å². The fraction of sp³-hybridized carbons (Fsp3) is 0. The molecule has 0 saturated carbocycles. The van der Waals surface area contributed by atoms with Crippen LogP contribution in [0.2, 0.25) is 0 Å². The van der Waals surface area contributed by atoms with Gasteiger partial charge in [-0.05, 0) is 65.4 Å². The molecule has 6 heteroatoms. The van der Waals surface area contributed by atoms with Crippen LogP contribution in [0.3, 0.4) is 0 Å². The van der Waals surface area contributed by atoms with E-state index < -0.39 is 0 Å². The Morgan fingerprint density at radius 2 is 1.00 bits per heavy atom. The summed E-state index contributed by atoms with van der Waals surface area (Å²) >= 11 is 0. The van der Waals surface area contributed by atoms with Gasteiger partial charge in [0.05, 0.1) is 22.1 Å². The lowest BCUT2D eigenvalue weighted by Crippen LogP contribution is -2.06. The molecule has 0 unspecified atom stereocenters. The Labute approximate surface area is 314 Å². The predicted octanol–water partition coefficient (Wildman–Crippen LogP) is 12.5. The summed E-state index contributed by atoms with van der Waals surface area (Å²) in [5.41, 5.74) is 8.91. The van der Waals surface area contributed by atoms with Crippen molar-refractivity contribution >= 4 is 76.3 Å². The molecule has 55 heavy (non-hydrogen) atoms. The summed E-state index contributed by atoms with van der Waals surface area (Å²) < 4.78 is 10.9. The topological polar surface area (TPSA) is 61.7 Å². The first kappa shape index (κ1) is 29.9. The maximum atomic E-state index is 6.33. The van der Waals surface area contributed by atoms with E-state index in [1.807, 2.05) is 30.3 Å². The third-order valence-electron chi connectivity index (χ3n) is 11.0. The molecule has 4 aromatic heterocycles. The van der Waals surface area contributed by atoms with Crippen LogP contribution in [-0.2, 0) is 0 Å². The highest BCUT2D eigenvalue weighted by atomic mass is 16.3. The van der Waals surface area contributed by atoms with Gasteiger partial charge in [-0.15, -0.1) is 0 Å². The first-order valence-electron chi connectivity index (χ1n) is 18.4. The Balaban J connectivity index is 1.19. The van der Waals surface area contributed by atoms with Crippen molar-refractivity contribution in [2.24, 2.45) is 0 Å².